The minimum atomic E-state index is -0.692. The van der Waals surface area contributed by atoms with Gasteiger partial charge in [-0.2, -0.15) is 0 Å². The lowest BCUT2D eigenvalue weighted by molar-refractivity contribution is -0.138. The fourth-order valence-corrected chi connectivity index (χ4v) is 4.53. The highest BCUT2D eigenvalue weighted by Gasteiger charge is 2.32. The summed E-state index contributed by atoms with van der Waals surface area (Å²) in [4.78, 5) is 16.8. The van der Waals surface area contributed by atoms with Gasteiger partial charge in [0.1, 0.15) is 18.0 Å². The van der Waals surface area contributed by atoms with Crippen LogP contribution in [0.4, 0.5) is 0 Å². The van der Waals surface area contributed by atoms with Gasteiger partial charge in [0.2, 0.25) is 5.91 Å². The lowest BCUT2D eigenvalue weighted by Gasteiger charge is -2.38. The second kappa shape index (κ2) is 9.82. The number of amides is 1. The molecule has 2 fully saturated rings. The third-order valence-corrected chi connectivity index (χ3v) is 6.44. The molecular formula is C24H29ClN2O3. The molecule has 5 nitrogen and oxygen atoms in total. The Kier molecular flexibility index (Phi) is 6.93. The number of piperidine rings is 2. The molecule has 0 unspecified atom stereocenters. The monoisotopic (exact) mass is 428 g/mol. The third-order valence-electron chi connectivity index (χ3n) is 6.19. The Hall–Kier alpha value is -2.08. The molecule has 1 amide bonds. The highest BCUT2D eigenvalue weighted by Crippen LogP contribution is 2.28. The van der Waals surface area contributed by atoms with Crippen LogP contribution in [0.1, 0.15) is 30.7 Å². The number of hydrogen-bond acceptors (Lipinski definition) is 4. The zero-order valence-electron chi connectivity index (χ0n) is 17.1. The van der Waals surface area contributed by atoms with E-state index in [0.29, 0.717) is 42.7 Å². The molecule has 0 aliphatic carbocycles. The molecule has 0 saturated carbocycles. The van der Waals surface area contributed by atoms with Crippen LogP contribution in [0, 0.1) is 0 Å². The average molecular weight is 429 g/mol. The molecule has 2 aliphatic rings. The van der Waals surface area contributed by atoms with Gasteiger partial charge >= 0.3 is 0 Å². The zero-order chi connectivity index (χ0) is 20.9. The molecule has 160 valence electrons. The van der Waals surface area contributed by atoms with E-state index < -0.39 is 6.10 Å². The van der Waals surface area contributed by atoms with Crippen molar-refractivity contribution in [2.75, 3.05) is 32.7 Å². The van der Waals surface area contributed by atoms with E-state index in [4.69, 9.17) is 16.3 Å². The number of β-amino-alcohol motifs (C(OH)–C–C–N with tert-alkyl or cyclic N) is 1. The van der Waals surface area contributed by atoms with Crippen LogP contribution in [0.25, 0.3) is 0 Å². The molecule has 1 N–H and O–H groups in total. The van der Waals surface area contributed by atoms with Gasteiger partial charge < -0.3 is 14.7 Å². The molecule has 2 aliphatic heterocycles. The van der Waals surface area contributed by atoms with Crippen LogP contribution in [0.2, 0.25) is 5.02 Å². The summed E-state index contributed by atoms with van der Waals surface area (Å²) in [5.74, 6) is 1.36. The number of aliphatic hydroxyl groups excluding tert-OH is 1. The molecule has 6 heteroatoms. The molecule has 2 saturated heterocycles. The number of carbonyl (C=O) groups excluding carboxylic acids is 1. The van der Waals surface area contributed by atoms with E-state index in [1.165, 1.54) is 5.56 Å². The van der Waals surface area contributed by atoms with Crippen molar-refractivity contribution in [1.29, 1.82) is 0 Å². The Balaban J connectivity index is 1.23. The van der Waals surface area contributed by atoms with Crippen LogP contribution in [0.5, 0.6) is 5.75 Å². The van der Waals surface area contributed by atoms with E-state index in [1.54, 1.807) is 29.2 Å². The Bertz CT molecular complexity index is 822. The van der Waals surface area contributed by atoms with E-state index in [1.807, 2.05) is 0 Å². The quantitative estimate of drug-likeness (QED) is 0.791. The summed E-state index contributed by atoms with van der Waals surface area (Å²) in [6.07, 6.45) is 1.78. The van der Waals surface area contributed by atoms with Crippen LogP contribution in [0.15, 0.2) is 54.6 Å². The van der Waals surface area contributed by atoms with E-state index in [0.717, 1.165) is 25.9 Å². The van der Waals surface area contributed by atoms with Crippen molar-refractivity contribution >= 4 is 17.5 Å². The first-order valence-corrected chi connectivity index (χ1v) is 11.1. The summed E-state index contributed by atoms with van der Waals surface area (Å²) in [6, 6.07) is 17.8. The van der Waals surface area contributed by atoms with E-state index in [-0.39, 0.29) is 12.0 Å². The smallest absolute Gasteiger partial charge is 0.236 e. The minimum Gasteiger partial charge on any atom is -0.488 e. The lowest BCUT2D eigenvalue weighted by Crippen LogP contribution is -2.53. The van der Waals surface area contributed by atoms with Crippen molar-refractivity contribution in [3.8, 4) is 5.75 Å². The van der Waals surface area contributed by atoms with Crippen molar-refractivity contribution in [1.82, 2.24) is 9.80 Å². The van der Waals surface area contributed by atoms with Gasteiger partial charge in [0.05, 0.1) is 13.1 Å². The summed E-state index contributed by atoms with van der Waals surface area (Å²) in [5.41, 5.74) is 1.40. The van der Waals surface area contributed by atoms with Gasteiger partial charge in [-0.1, -0.05) is 41.9 Å². The number of ether oxygens (including phenoxy) is 1. The van der Waals surface area contributed by atoms with Gasteiger partial charge in [-0.05, 0) is 61.7 Å². The minimum absolute atomic E-state index is 0.0946. The van der Waals surface area contributed by atoms with Crippen molar-refractivity contribution < 1.29 is 14.6 Å². The van der Waals surface area contributed by atoms with Gasteiger partial charge in [0.15, 0.2) is 0 Å². The van der Waals surface area contributed by atoms with Crippen LogP contribution < -0.4 is 4.74 Å². The van der Waals surface area contributed by atoms with Gasteiger partial charge in [-0.3, -0.25) is 9.69 Å². The number of carbonyl (C=O) groups is 1. The van der Waals surface area contributed by atoms with Crippen molar-refractivity contribution in [3.63, 3.8) is 0 Å². The summed E-state index contributed by atoms with van der Waals surface area (Å²) in [6.45, 7) is 3.22. The van der Waals surface area contributed by atoms with Gasteiger partial charge in [0.25, 0.3) is 0 Å². The van der Waals surface area contributed by atoms with E-state index in [9.17, 15) is 9.90 Å². The number of halogens is 1. The van der Waals surface area contributed by atoms with Crippen LogP contribution in [-0.4, -0.2) is 65.7 Å². The molecular weight excluding hydrogens is 400 g/mol. The molecule has 0 radical (unpaired) electrons. The molecule has 0 spiro atoms. The summed E-state index contributed by atoms with van der Waals surface area (Å²) in [5, 5.41) is 11.2. The van der Waals surface area contributed by atoms with Gasteiger partial charge in [0, 0.05) is 18.0 Å². The van der Waals surface area contributed by atoms with Gasteiger partial charge in [-0.25, -0.2) is 0 Å². The second-order valence-corrected chi connectivity index (χ2v) is 8.70. The number of hydrogen-bond donors (Lipinski definition) is 1. The summed E-state index contributed by atoms with van der Waals surface area (Å²) in [7, 11) is 0. The molecule has 30 heavy (non-hydrogen) atoms. The first-order chi connectivity index (χ1) is 14.6. The van der Waals surface area contributed by atoms with Crippen LogP contribution >= 0.6 is 11.6 Å². The lowest BCUT2D eigenvalue weighted by atomic mass is 9.89. The predicted octanol–water partition coefficient (Wildman–Crippen LogP) is 3.56. The van der Waals surface area contributed by atoms with Crippen molar-refractivity contribution in [2.24, 2.45) is 0 Å². The predicted molar refractivity (Wildman–Crippen MR) is 118 cm³/mol. The topological polar surface area (TPSA) is 53.0 Å². The fourth-order valence-electron chi connectivity index (χ4n) is 4.40. The van der Waals surface area contributed by atoms with Crippen molar-refractivity contribution in [2.45, 2.75) is 37.4 Å². The Labute approximate surface area is 183 Å². The normalized spacial score (nSPS) is 23.3. The first kappa shape index (κ1) is 21.2. The highest BCUT2D eigenvalue weighted by molar-refractivity contribution is 6.30. The SMILES string of the molecule is O=C(CN1CCC(c2ccccc2)CC1)N1CC[C@@H](Oc2ccc(Cl)cc2)[C@H](O)C1. The van der Waals surface area contributed by atoms with E-state index in [2.05, 4.69) is 35.2 Å². The summed E-state index contributed by atoms with van der Waals surface area (Å²) >= 11 is 5.90. The van der Waals surface area contributed by atoms with Gasteiger partial charge in [-0.15, -0.1) is 0 Å². The number of likely N-dealkylation sites (tertiary alicyclic amines) is 2. The highest BCUT2D eigenvalue weighted by atomic mass is 35.5. The molecule has 0 aromatic heterocycles. The summed E-state index contributed by atoms with van der Waals surface area (Å²) < 4.78 is 5.90. The fraction of sp³-hybridized carbons (Fsp3) is 0.458. The molecule has 2 aromatic rings. The van der Waals surface area contributed by atoms with Crippen LogP contribution in [-0.2, 0) is 4.79 Å². The second-order valence-electron chi connectivity index (χ2n) is 8.27. The number of aliphatic hydroxyl groups is 1. The third kappa shape index (κ3) is 5.34. The Morgan fingerprint density at radius 1 is 1.00 bits per heavy atom. The average Bonchev–Trinajstić information content (AvgIpc) is 2.78. The zero-order valence-corrected chi connectivity index (χ0v) is 17.9. The molecule has 2 atom stereocenters. The standard InChI is InChI=1S/C24H29ClN2O3/c25-20-6-8-21(9-7-20)30-23-12-15-27(16-22(23)28)24(29)17-26-13-10-19(11-14-26)18-4-2-1-3-5-18/h1-9,19,22-23,28H,10-17H2/t22-,23-/m1/s1. The molecule has 2 heterocycles. The molecule has 2 aromatic carbocycles. The number of nitrogens with zero attached hydrogens (tertiary/aromatic N) is 2. The molecule has 4 rings (SSSR count). The first-order valence-electron chi connectivity index (χ1n) is 10.7. The van der Waals surface area contributed by atoms with Crippen molar-refractivity contribution in [3.05, 3.63) is 65.2 Å². The van der Waals surface area contributed by atoms with E-state index >= 15 is 0 Å². The molecule has 0 bridgehead atoms. The Morgan fingerprint density at radius 3 is 2.37 bits per heavy atom. The largest absolute Gasteiger partial charge is 0.488 e. The number of benzene rings is 2. The Morgan fingerprint density at radius 2 is 1.70 bits per heavy atom. The maximum atomic E-state index is 12.8. The maximum absolute atomic E-state index is 12.8. The van der Waals surface area contributed by atoms with Crippen LogP contribution in [0.3, 0.4) is 0 Å². The number of rotatable bonds is 5. The maximum Gasteiger partial charge on any atom is 0.236 e.